The Kier molecular flexibility index (Phi) is 8.24. The molecule has 3 saturated heterocycles. The molecule has 2 bridgehead atoms. The van der Waals surface area contributed by atoms with Gasteiger partial charge in [-0.2, -0.15) is 0 Å². The lowest BCUT2D eigenvalue weighted by Crippen LogP contribution is -2.55. The van der Waals surface area contributed by atoms with Crippen molar-refractivity contribution in [3.05, 3.63) is 36.9 Å². The first-order chi connectivity index (χ1) is 19.3. The first-order valence-corrected chi connectivity index (χ1v) is 15.1. The monoisotopic (exact) mass is 569 g/mol. The van der Waals surface area contributed by atoms with Crippen molar-refractivity contribution in [3.63, 3.8) is 0 Å². The molecule has 0 saturated carbocycles. The number of hydrogen-bond donors (Lipinski definition) is 1. The molecule has 5 atom stereocenters. The summed E-state index contributed by atoms with van der Waals surface area (Å²) in [7, 11) is 0. The number of benzene rings is 1. The Morgan fingerprint density at radius 3 is 2.77 bits per heavy atom. The van der Waals surface area contributed by atoms with Crippen LogP contribution in [0.1, 0.15) is 52.4 Å². The lowest BCUT2D eigenvalue weighted by molar-refractivity contribution is -0.155. The number of hydrogen-bond acceptors (Lipinski definition) is 8. The van der Waals surface area contributed by atoms with Gasteiger partial charge >= 0.3 is 5.97 Å². The van der Waals surface area contributed by atoms with Gasteiger partial charge in [0.05, 0.1) is 28.7 Å². The summed E-state index contributed by atoms with van der Waals surface area (Å²) >= 11 is 1.65. The minimum atomic E-state index is -0.705. The Morgan fingerprint density at radius 2 is 2.02 bits per heavy atom. The Balaban J connectivity index is 1.49. The Bertz CT molecular complexity index is 1280. The number of esters is 1. The molecule has 0 aliphatic carbocycles. The minimum Gasteiger partial charge on any atom is -0.466 e. The normalized spacial score (nSPS) is 28.7. The van der Waals surface area contributed by atoms with Crippen molar-refractivity contribution in [2.75, 3.05) is 26.3 Å². The second-order valence-corrected chi connectivity index (χ2v) is 13.1. The topological polar surface area (TPSA) is 118 Å². The number of likely N-dealkylation sites (tertiary alicyclic amines) is 1. The van der Waals surface area contributed by atoms with E-state index in [9.17, 15) is 14.4 Å². The number of aromatic nitrogens is 3. The highest BCUT2D eigenvalue weighted by atomic mass is 32.2. The fraction of sp³-hybridized carbons (Fsp3) is 0.621. The quantitative estimate of drug-likeness (QED) is 0.222. The predicted molar refractivity (Wildman–Crippen MR) is 152 cm³/mol. The lowest BCUT2D eigenvalue weighted by atomic mass is 9.66. The Hall–Kier alpha value is -2.92. The van der Waals surface area contributed by atoms with Gasteiger partial charge in [-0.3, -0.25) is 14.4 Å². The smallest absolute Gasteiger partial charge is 0.311 e. The summed E-state index contributed by atoms with van der Waals surface area (Å²) in [6.07, 6.45) is 6.24. The molecular weight excluding hydrogens is 530 g/mol. The molecule has 2 amide bonds. The Labute approximate surface area is 239 Å². The molecule has 1 aromatic heterocycles. The number of para-hydroxylation sites is 1. The van der Waals surface area contributed by atoms with E-state index in [0.29, 0.717) is 19.4 Å². The summed E-state index contributed by atoms with van der Waals surface area (Å²) in [5.41, 5.74) is 1.55. The van der Waals surface area contributed by atoms with Crippen LogP contribution >= 0.6 is 11.8 Å². The zero-order valence-electron chi connectivity index (χ0n) is 23.3. The number of unbranched alkanes of at least 4 members (excludes halogenated alkanes) is 3. The molecule has 216 valence electrons. The first-order valence-electron chi connectivity index (χ1n) is 14.3. The summed E-state index contributed by atoms with van der Waals surface area (Å²) in [6.45, 7) is 8.98. The van der Waals surface area contributed by atoms with Gasteiger partial charge < -0.3 is 19.6 Å². The van der Waals surface area contributed by atoms with Crippen LogP contribution in [-0.4, -0.2) is 89.5 Å². The second-order valence-electron chi connectivity index (χ2n) is 11.2. The van der Waals surface area contributed by atoms with E-state index in [4.69, 9.17) is 9.84 Å². The number of thioether (sulfide) groups is 1. The van der Waals surface area contributed by atoms with Crippen LogP contribution in [0.5, 0.6) is 0 Å². The minimum absolute atomic E-state index is 0.126. The largest absolute Gasteiger partial charge is 0.466 e. The highest BCUT2D eigenvalue weighted by Gasteiger charge is 2.77. The number of rotatable bonds is 13. The third-order valence-electron chi connectivity index (χ3n) is 8.74. The molecule has 3 aliphatic heterocycles. The van der Waals surface area contributed by atoms with Crippen LogP contribution in [-0.2, 0) is 25.8 Å². The van der Waals surface area contributed by atoms with E-state index in [2.05, 4.69) is 16.9 Å². The molecule has 2 aromatic rings. The van der Waals surface area contributed by atoms with Gasteiger partial charge in [0.25, 0.3) is 0 Å². The van der Waals surface area contributed by atoms with Crippen molar-refractivity contribution >= 4 is 40.6 Å². The third kappa shape index (κ3) is 4.70. The van der Waals surface area contributed by atoms with Crippen molar-refractivity contribution in [2.24, 2.45) is 11.8 Å². The fourth-order valence-electron chi connectivity index (χ4n) is 7.01. The number of nitrogens with zero attached hydrogens (tertiary/aromatic N) is 5. The van der Waals surface area contributed by atoms with Crippen molar-refractivity contribution in [3.8, 4) is 0 Å². The van der Waals surface area contributed by atoms with Gasteiger partial charge in [-0.25, -0.2) is 4.68 Å². The molecule has 4 heterocycles. The average Bonchev–Trinajstić information content (AvgIpc) is 3.64. The molecule has 3 fully saturated rings. The summed E-state index contributed by atoms with van der Waals surface area (Å²) in [5, 5.41) is 17.7. The molecule has 11 heteroatoms. The van der Waals surface area contributed by atoms with Gasteiger partial charge in [-0.15, -0.1) is 23.4 Å². The van der Waals surface area contributed by atoms with Gasteiger partial charge in [0, 0.05) is 24.4 Å². The highest BCUT2D eigenvalue weighted by Crippen LogP contribution is 2.71. The van der Waals surface area contributed by atoms with Gasteiger partial charge in [-0.05, 0) is 51.7 Å². The van der Waals surface area contributed by atoms with Crippen LogP contribution in [0.25, 0.3) is 11.0 Å². The molecule has 1 N–H and O–H groups in total. The zero-order chi connectivity index (χ0) is 28.5. The second kappa shape index (κ2) is 11.5. The lowest BCUT2D eigenvalue weighted by Gasteiger charge is -2.37. The molecule has 10 nitrogen and oxygen atoms in total. The maximum atomic E-state index is 14.6. The van der Waals surface area contributed by atoms with Gasteiger partial charge in [0.2, 0.25) is 11.8 Å². The summed E-state index contributed by atoms with van der Waals surface area (Å²) in [6, 6.07) is 6.88. The molecule has 40 heavy (non-hydrogen) atoms. The maximum absolute atomic E-state index is 14.6. The van der Waals surface area contributed by atoms with E-state index < -0.39 is 27.4 Å². The Morgan fingerprint density at radius 1 is 1.25 bits per heavy atom. The fourth-order valence-corrected chi connectivity index (χ4v) is 9.35. The van der Waals surface area contributed by atoms with E-state index >= 15 is 0 Å². The van der Waals surface area contributed by atoms with Crippen molar-refractivity contribution in [1.82, 2.24) is 24.8 Å². The van der Waals surface area contributed by atoms with E-state index in [-0.39, 0.29) is 44.2 Å². The maximum Gasteiger partial charge on any atom is 0.311 e. The average molecular weight is 570 g/mol. The number of fused-ring (bicyclic) bond motifs is 2. The summed E-state index contributed by atoms with van der Waals surface area (Å²) < 4.78 is 6.02. The molecule has 2 unspecified atom stereocenters. The summed E-state index contributed by atoms with van der Waals surface area (Å²) in [5.74, 6) is -1.81. The van der Waals surface area contributed by atoms with Crippen molar-refractivity contribution < 1.29 is 24.2 Å². The number of aliphatic hydroxyl groups excluding tert-OH is 1. The molecule has 3 aliphatic rings. The van der Waals surface area contributed by atoms with Crippen LogP contribution in [0.2, 0.25) is 0 Å². The van der Waals surface area contributed by atoms with Crippen LogP contribution in [0.4, 0.5) is 0 Å². The van der Waals surface area contributed by atoms with E-state index in [0.717, 1.165) is 36.7 Å². The number of amides is 2. The number of aliphatic hydroxyl groups is 1. The predicted octanol–water partition coefficient (Wildman–Crippen LogP) is 3.00. The molecule has 0 radical (unpaired) electrons. The van der Waals surface area contributed by atoms with E-state index in [1.807, 2.05) is 31.2 Å². The van der Waals surface area contributed by atoms with E-state index in [1.54, 1.807) is 39.2 Å². The van der Waals surface area contributed by atoms with Crippen LogP contribution in [0.3, 0.4) is 0 Å². The first kappa shape index (κ1) is 28.6. The molecule has 1 aromatic carbocycles. The van der Waals surface area contributed by atoms with E-state index in [1.165, 1.54) is 0 Å². The number of carbonyl (C=O) groups excluding carboxylic acids is 3. The number of carbonyl (C=O) groups is 3. The molecule has 1 spiro atoms. The highest BCUT2D eigenvalue weighted by molar-refractivity contribution is 8.02. The third-order valence-corrected chi connectivity index (χ3v) is 10.7. The molecular formula is C29H39N5O5S. The van der Waals surface area contributed by atoms with Crippen molar-refractivity contribution in [1.29, 1.82) is 0 Å². The van der Waals surface area contributed by atoms with Gasteiger partial charge in [0.1, 0.15) is 18.2 Å². The number of ether oxygens (including phenoxy) is 1. The van der Waals surface area contributed by atoms with Crippen LogP contribution in [0.15, 0.2) is 36.9 Å². The van der Waals surface area contributed by atoms with Gasteiger partial charge in [-0.1, -0.05) is 36.3 Å². The van der Waals surface area contributed by atoms with Gasteiger partial charge in [0.15, 0.2) is 0 Å². The SMILES string of the molecule is C=CCN(Cn1nnc2ccccc21)C(=O)C1N(CCCCCCO)C(=O)[C@@H]2[C@@H](C(=O)OCC)[C@@]3(C)CCC12S3. The van der Waals surface area contributed by atoms with Crippen molar-refractivity contribution in [2.45, 2.75) is 74.6 Å². The summed E-state index contributed by atoms with van der Waals surface area (Å²) in [4.78, 5) is 45.5. The molecule has 5 rings (SSSR count). The standard InChI is InChI=1S/C29H39N5O5S/c1-4-16-32(19-34-21-13-9-8-12-20(21)30-31-34)26(37)24-29-15-14-28(3,40-29)23(27(38)39-5-2)22(29)25(36)33(24)17-10-6-7-11-18-35/h4,8-9,12-13,22-24,35H,1,5-7,10-11,14-19H2,2-3H3/t22-,23-,24?,28+,29?/m0/s1. The van der Waals surface area contributed by atoms with Crippen LogP contribution < -0.4 is 0 Å². The van der Waals surface area contributed by atoms with Crippen LogP contribution in [0, 0.1) is 11.8 Å². The zero-order valence-corrected chi connectivity index (χ0v) is 24.1.